The fourth-order valence-electron chi connectivity index (χ4n) is 1.56. The lowest BCUT2D eigenvalue weighted by molar-refractivity contribution is 0.252. The SMILES string of the molecule is Nc1ccccc1NC(=O)NCc1ccccc1. The first-order valence-electron chi connectivity index (χ1n) is 5.69. The van der Waals surface area contributed by atoms with Crippen molar-refractivity contribution < 1.29 is 4.79 Å². The third-order valence-corrected chi connectivity index (χ3v) is 2.50. The molecular formula is C14H15N3O. The molecule has 2 amide bonds. The van der Waals surface area contributed by atoms with Gasteiger partial charge in [-0.3, -0.25) is 0 Å². The molecule has 0 bridgehead atoms. The highest BCUT2D eigenvalue weighted by molar-refractivity contribution is 5.92. The highest BCUT2D eigenvalue weighted by atomic mass is 16.2. The van der Waals surface area contributed by atoms with Crippen molar-refractivity contribution in [1.82, 2.24) is 5.32 Å². The van der Waals surface area contributed by atoms with Crippen LogP contribution < -0.4 is 16.4 Å². The molecule has 0 aromatic heterocycles. The number of anilines is 2. The lowest BCUT2D eigenvalue weighted by Gasteiger charge is -2.09. The molecular weight excluding hydrogens is 226 g/mol. The molecule has 0 radical (unpaired) electrons. The van der Waals surface area contributed by atoms with Crippen molar-refractivity contribution in [3.63, 3.8) is 0 Å². The first-order valence-corrected chi connectivity index (χ1v) is 5.69. The predicted octanol–water partition coefficient (Wildman–Crippen LogP) is 2.59. The van der Waals surface area contributed by atoms with Gasteiger partial charge < -0.3 is 16.4 Å². The first-order chi connectivity index (χ1) is 8.75. The van der Waals surface area contributed by atoms with E-state index in [0.717, 1.165) is 5.56 Å². The van der Waals surface area contributed by atoms with Crippen LogP contribution >= 0.6 is 0 Å². The second kappa shape index (κ2) is 5.72. The monoisotopic (exact) mass is 241 g/mol. The molecule has 4 N–H and O–H groups in total. The van der Waals surface area contributed by atoms with Gasteiger partial charge in [0.2, 0.25) is 0 Å². The van der Waals surface area contributed by atoms with Gasteiger partial charge >= 0.3 is 6.03 Å². The fraction of sp³-hybridized carbons (Fsp3) is 0.0714. The van der Waals surface area contributed by atoms with Crippen LogP contribution in [0.25, 0.3) is 0 Å². The zero-order valence-corrected chi connectivity index (χ0v) is 9.89. The molecule has 2 aromatic rings. The van der Waals surface area contributed by atoms with Gasteiger partial charge in [0.15, 0.2) is 0 Å². The minimum absolute atomic E-state index is 0.267. The smallest absolute Gasteiger partial charge is 0.319 e. The summed E-state index contributed by atoms with van der Waals surface area (Å²) in [6, 6.07) is 16.6. The van der Waals surface area contributed by atoms with Gasteiger partial charge in [0.05, 0.1) is 11.4 Å². The number of urea groups is 1. The number of para-hydroxylation sites is 2. The topological polar surface area (TPSA) is 67.1 Å². The van der Waals surface area contributed by atoms with Crippen LogP contribution in [0.3, 0.4) is 0 Å². The molecule has 0 saturated carbocycles. The number of amides is 2. The maximum Gasteiger partial charge on any atom is 0.319 e. The van der Waals surface area contributed by atoms with Crippen molar-refractivity contribution in [2.24, 2.45) is 0 Å². The molecule has 0 saturated heterocycles. The van der Waals surface area contributed by atoms with Gasteiger partial charge in [-0.25, -0.2) is 4.79 Å². The number of benzene rings is 2. The lowest BCUT2D eigenvalue weighted by atomic mass is 10.2. The van der Waals surface area contributed by atoms with E-state index in [9.17, 15) is 4.79 Å². The summed E-state index contributed by atoms with van der Waals surface area (Å²) in [6.07, 6.45) is 0. The van der Waals surface area contributed by atoms with Crippen LogP contribution in [-0.2, 0) is 6.54 Å². The van der Waals surface area contributed by atoms with Crippen molar-refractivity contribution in [2.75, 3.05) is 11.1 Å². The number of carbonyl (C=O) groups excluding carboxylic acids is 1. The first kappa shape index (κ1) is 12.0. The molecule has 0 aliphatic carbocycles. The summed E-state index contributed by atoms with van der Waals surface area (Å²) >= 11 is 0. The van der Waals surface area contributed by atoms with E-state index in [1.54, 1.807) is 12.1 Å². The van der Waals surface area contributed by atoms with E-state index in [2.05, 4.69) is 10.6 Å². The molecule has 0 fully saturated rings. The van der Waals surface area contributed by atoms with Gasteiger partial charge in [0.1, 0.15) is 0 Å². The van der Waals surface area contributed by atoms with Gasteiger partial charge in [-0.1, -0.05) is 42.5 Å². The molecule has 0 heterocycles. The van der Waals surface area contributed by atoms with E-state index in [1.165, 1.54) is 0 Å². The summed E-state index contributed by atoms with van der Waals surface area (Å²) in [4.78, 5) is 11.7. The lowest BCUT2D eigenvalue weighted by Crippen LogP contribution is -2.28. The maximum absolute atomic E-state index is 11.7. The van der Waals surface area contributed by atoms with Gasteiger partial charge in [-0.2, -0.15) is 0 Å². The summed E-state index contributed by atoms with van der Waals surface area (Å²) < 4.78 is 0. The molecule has 0 aliphatic heterocycles. The highest BCUT2D eigenvalue weighted by Gasteiger charge is 2.03. The zero-order chi connectivity index (χ0) is 12.8. The molecule has 0 unspecified atom stereocenters. The Morgan fingerprint density at radius 3 is 2.39 bits per heavy atom. The number of rotatable bonds is 3. The van der Waals surface area contributed by atoms with E-state index < -0.39 is 0 Å². The molecule has 0 atom stereocenters. The number of nitrogens with two attached hydrogens (primary N) is 1. The quantitative estimate of drug-likeness (QED) is 0.723. The third-order valence-electron chi connectivity index (χ3n) is 2.50. The van der Waals surface area contributed by atoms with Crippen LogP contribution in [0.1, 0.15) is 5.56 Å². The molecule has 0 aliphatic rings. The molecule has 18 heavy (non-hydrogen) atoms. The average Bonchev–Trinajstić information content (AvgIpc) is 2.40. The Labute approximate surface area is 106 Å². The van der Waals surface area contributed by atoms with Crippen LogP contribution in [0.5, 0.6) is 0 Å². The molecule has 2 aromatic carbocycles. The Hall–Kier alpha value is -2.49. The van der Waals surface area contributed by atoms with Crippen molar-refractivity contribution >= 4 is 17.4 Å². The predicted molar refractivity (Wildman–Crippen MR) is 73.2 cm³/mol. The summed E-state index contributed by atoms with van der Waals surface area (Å²) in [5, 5.41) is 5.47. The average molecular weight is 241 g/mol. The summed E-state index contributed by atoms with van der Waals surface area (Å²) in [5.41, 5.74) is 7.95. The Bertz CT molecular complexity index is 526. The number of hydrogen-bond acceptors (Lipinski definition) is 2. The summed E-state index contributed by atoms with van der Waals surface area (Å²) in [5.74, 6) is 0. The Kier molecular flexibility index (Phi) is 3.81. The Morgan fingerprint density at radius 2 is 1.67 bits per heavy atom. The molecule has 92 valence electrons. The number of carbonyl (C=O) groups is 1. The van der Waals surface area contributed by atoms with Crippen molar-refractivity contribution in [3.05, 3.63) is 60.2 Å². The van der Waals surface area contributed by atoms with Gasteiger partial charge in [0.25, 0.3) is 0 Å². The van der Waals surface area contributed by atoms with Gasteiger partial charge in [-0.05, 0) is 17.7 Å². The van der Waals surface area contributed by atoms with Crippen molar-refractivity contribution in [1.29, 1.82) is 0 Å². The van der Waals surface area contributed by atoms with Crippen LogP contribution in [0.4, 0.5) is 16.2 Å². The van der Waals surface area contributed by atoms with E-state index in [0.29, 0.717) is 17.9 Å². The molecule has 4 nitrogen and oxygen atoms in total. The van der Waals surface area contributed by atoms with Crippen LogP contribution in [0.15, 0.2) is 54.6 Å². The van der Waals surface area contributed by atoms with Crippen LogP contribution in [-0.4, -0.2) is 6.03 Å². The minimum atomic E-state index is -0.267. The zero-order valence-electron chi connectivity index (χ0n) is 9.89. The normalized spacial score (nSPS) is 9.78. The van der Waals surface area contributed by atoms with E-state index in [4.69, 9.17) is 5.73 Å². The number of nitrogens with one attached hydrogen (secondary N) is 2. The summed E-state index contributed by atoms with van der Waals surface area (Å²) in [6.45, 7) is 0.486. The second-order valence-electron chi connectivity index (χ2n) is 3.88. The minimum Gasteiger partial charge on any atom is -0.397 e. The maximum atomic E-state index is 11.7. The van der Waals surface area contributed by atoms with Crippen LogP contribution in [0.2, 0.25) is 0 Å². The molecule has 0 spiro atoms. The van der Waals surface area contributed by atoms with Crippen LogP contribution in [0, 0.1) is 0 Å². The third kappa shape index (κ3) is 3.25. The number of nitrogen functional groups attached to an aromatic ring is 1. The van der Waals surface area contributed by atoms with Gasteiger partial charge in [0, 0.05) is 6.54 Å². The van der Waals surface area contributed by atoms with E-state index >= 15 is 0 Å². The Balaban J connectivity index is 1.88. The van der Waals surface area contributed by atoms with E-state index in [1.807, 2.05) is 42.5 Å². The van der Waals surface area contributed by atoms with Crippen molar-refractivity contribution in [3.8, 4) is 0 Å². The largest absolute Gasteiger partial charge is 0.397 e. The van der Waals surface area contributed by atoms with Crippen molar-refractivity contribution in [2.45, 2.75) is 6.54 Å². The summed E-state index contributed by atoms with van der Waals surface area (Å²) in [7, 11) is 0. The fourth-order valence-corrected chi connectivity index (χ4v) is 1.56. The van der Waals surface area contributed by atoms with Gasteiger partial charge in [-0.15, -0.1) is 0 Å². The molecule has 2 rings (SSSR count). The highest BCUT2D eigenvalue weighted by Crippen LogP contribution is 2.16. The number of hydrogen-bond donors (Lipinski definition) is 3. The van der Waals surface area contributed by atoms with E-state index in [-0.39, 0.29) is 6.03 Å². The molecule has 4 heteroatoms. The second-order valence-corrected chi connectivity index (χ2v) is 3.88. The Morgan fingerprint density at radius 1 is 1.00 bits per heavy atom. The standard InChI is InChI=1S/C14H15N3O/c15-12-8-4-5-9-13(12)17-14(18)16-10-11-6-2-1-3-7-11/h1-9H,10,15H2,(H2,16,17,18).